The quantitative estimate of drug-likeness (QED) is 0.757. The maximum atomic E-state index is 10.7. The lowest BCUT2D eigenvalue weighted by atomic mass is 10.7. The second kappa shape index (κ2) is 3.93. The topological polar surface area (TPSA) is 85.1 Å². The first kappa shape index (κ1) is 10.3. The van der Waals surface area contributed by atoms with Gasteiger partial charge in [-0.2, -0.15) is 0 Å². The summed E-state index contributed by atoms with van der Waals surface area (Å²) in [6.45, 7) is 0.367. The average molecular weight is 221 g/mol. The molecule has 7 heteroatoms. The van der Waals surface area contributed by atoms with Crippen LogP contribution < -0.4 is 11.1 Å². The van der Waals surface area contributed by atoms with Crippen LogP contribution in [0, 0.1) is 0 Å². The van der Waals surface area contributed by atoms with E-state index in [4.69, 9.17) is 5.73 Å². The first-order valence-corrected chi connectivity index (χ1v) is 6.48. The zero-order chi connectivity index (χ0) is 9.90. The third kappa shape index (κ3) is 4.09. The van der Waals surface area contributed by atoms with E-state index in [9.17, 15) is 8.42 Å². The largest absolute Gasteiger partial charge is 0.389 e. The van der Waals surface area contributed by atoms with Crippen LogP contribution in [0.2, 0.25) is 0 Å². The maximum absolute atomic E-state index is 10.7. The lowest BCUT2D eigenvalue weighted by Gasteiger charge is -1.99. The number of sulfone groups is 1. The summed E-state index contributed by atoms with van der Waals surface area (Å²) in [6.07, 6.45) is 2.73. The van der Waals surface area contributed by atoms with Crippen LogP contribution in [0.5, 0.6) is 0 Å². The second-order valence-electron chi connectivity index (χ2n) is 2.62. The van der Waals surface area contributed by atoms with Crippen molar-refractivity contribution in [1.29, 1.82) is 0 Å². The summed E-state index contributed by atoms with van der Waals surface area (Å²) in [5.74, 6) is 0.104. The molecule has 0 unspecified atom stereocenters. The van der Waals surface area contributed by atoms with E-state index in [-0.39, 0.29) is 5.75 Å². The number of hydrogen-bond donors (Lipinski definition) is 2. The maximum Gasteiger partial charge on any atom is 0.184 e. The molecule has 0 spiro atoms. The minimum atomic E-state index is -2.90. The summed E-state index contributed by atoms with van der Waals surface area (Å²) in [5.41, 5.74) is 5.43. The number of nitrogens with zero attached hydrogens (tertiary/aromatic N) is 1. The van der Waals surface area contributed by atoms with E-state index >= 15 is 0 Å². The monoisotopic (exact) mass is 221 g/mol. The molecule has 0 aliphatic rings. The molecule has 13 heavy (non-hydrogen) atoms. The Balaban J connectivity index is 2.36. The van der Waals surface area contributed by atoms with Crippen LogP contribution in [0.15, 0.2) is 6.20 Å². The van der Waals surface area contributed by atoms with Crippen LogP contribution in [-0.2, 0) is 9.84 Å². The summed E-state index contributed by atoms with van der Waals surface area (Å²) in [5, 5.41) is 4.14. The molecule has 0 saturated carbocycles. The molecule has 0 aliphatic carbocycles. The van der Waals surface area contributed by atoms with Gasteiger partial charge in [-0.1, -0.05) is 11.3 Å². The van der Waals surface area contributed by atoms with Gasteiger partial charge < -0.3 is 11.1 Å². The molecule has 1 rings (SSSR count). The third-order valence-corrected chi connectivity index (χ3v) is 3.00. The highest BCUT2D eigenvalue weighted by molar-refractivity contribution is 7.90. The Labute approximate surface area is 80.9 Å². The first-order chi connectivity index (χ1) is 5.97. The number of thiazole rings is 1. The zero-order valence-electron chi connectivity index (χ0n) is 7.15. The standard InChI is InChI=1S/C6H11N3O2S2/c1-13(10,11)3-2-8-6-9-4-5(7)12-6/h4H,2-3,7H2,1H3,(H,8,9). The molecule has 0 atom stereocenters. The first-order valence-electron chi connectivity index (χ1n) is 3.60. The normalized spacial score (nSPS) is 11.5. The van der Waals surface area contributed by atoms with Crippen molar-refractivity contribution in [3.05, 3.63) is 6.20 Å². The lowest BCUT2D eigenvalue weighted by molar-refractivity contribution is 0.602. The fourth-order valence-electron chi connectivity index (χ4n) is 0.712. The average Bonchev–Trinajstić information content (AvgIpc) is 2.33. The highest BCUT2D eigenvalue weighted by Gasteiger charge is 2.02. The van der Waals surface area contributed by atoms with E-state index < -0.39 is 9.84 Å². The van der Waals surface area contributed by atoms with Gasteiger partial charge in [-0.25, -0.2) is 13.4 Å². The van der Waals surface area contributed by atoms with Crippen molar-refractivity contribution in [3.8, 4) is 0 Å². The lowest BCUT2D eigenvalue weighted by Crippen LogP contribution is -2.13. The minimum absolute atomic E-state index is 0.104. The van der Waals surface area contributed by atoms with Crippen LogP contribution in [0.25, 0.3) is 0 Å². The Morgan fingerprint density at radius 3 is 2.85 bits per heavy atom. The van der Waals surface area contributed by atoms with E-state index in [0.717, 1.165) is 0 Å². The molecule has 0 aliphatic heterocycles. The zero-order valence-corrected chi connectivity index (χ0v) is 8.78. The van der Waals surface area contributed by atoms with Crippen LogP contribution in [0.3, 0.4) is 0 Å². The van der Waals surface area contributed by atoms with Gasteiger partial charge in [-0.3, -0.25) is 0 Å². The van der Waals surface area contributed by atoms with E-state index in [1.54, 1.807) is 0 Å². The van der Waals surface area contributed by atoms with Crippen molar-refractivity contribution in [2.75, 3.05) is 29.6 Å². The van der Waals surface area contributed by atoms with Gasteiger partial charge in [-0.15, -0.1) is 0 Å². The number of nitrogen functional groups attached to an aromatic ring is 1. The van der Waals surface area contributed by atoms with Gasteiger partial charge in [0.25, 0.3) is 0 Å². The Kier molecular flexibility index (Phi) is 3.10. The van der Waals surface area contributed by atoms with Gasteiger partial charge in [-0.05, 0) is 0 Å². The second-order valence-corrected chi connectivity index (χ2v) is 5.95. The summed E-state index contributed by atoms with van der Waals surface area (Å²) in [4.78, 5) is 3.92. The summed E-state index contributed by atoms with van der Waals surface area (Å²) in [7, 11) is -2.90. The molecule has 3 N–H and O–H groups in total. The number of rotatable bonds is 4. The SMILES string of the molecule is CS(=O)(=O)CCNc1ncc(N)s1. The molecule has 1 aromatic rings. The van der Waals surface area contributed by atoms with Crippen molar-refractivity contribution < 1.29 is 8.42 Å². The Bertz CT molecular complexity index is 371. The Morgan fingerprint density at radius 2 is 2.38 bits per heavy atom. The molecule has 0 saturated heterocycles. The Hall–Kier alpha value is -0.820. The van der Waals surface area contributed by atoms with Crippen molar-refractivity contribution in [1.82, 2.24) is 4.98 Å². The molecule has 1 heterocycles. The van der Waals surface area contributed by atoms with Crippen LogP contribution in [0.4, 0.5) is 10.1 Å². The van der Waals surface area contributed by atoms with E-state index in [1.807, 2.05) is 0 Å². The van der Waals surface area contributed by atoms with E-state index in [1.165, 1.54) is 23.8 Å². The highest BCUT2D eigenvalue weighted by Crippen LogP contribution is 2.18. The van der Waals surface area contributed by atoms with Gasteiger partial charge >= 0.3 is 0 Å². The fourth-order valence-corrected chi connectivity index (χ4v) is 1.79. The molecular weight excluding hydrogens is 210 g/mol. The molecule has 0 bridgehead atoms. The molecule has 74 valence electrons. The van der Waals surface area contributed by atoms with Gasteiger partial charge in [0, 0.05) is 12.8 Å². The number of nitrogens with two attached hydrogens (primary N) is 1. The molecular formula is C6H11N3O2S2. The molecule has 5 nitrogen and oxygen atoms in total. The van der Waals surface area contributed by atoms with Crippen LogP contribution >= 0.6 is 11.3 Å². The summed E-state index contributed by atoms with van der Waals surface area (Å²) in [6, 6.07) is 0. The number of nitrogens with one attached hydrogen (secondary N) is 1. The predicted molar refractivity (Wildman–Crippen MR) is 54.7 cm³/mol. The summed E-state index contributed by atoms with van der Waals surface area (Å²) >= 11 is 1.30. The van der Waals surface area contributed by atoms with E-state index in [2.05, 4.69) is 10.3 Å². The van der Waals surface area contributed by atoms with Crippen molar-refractivity contribution in [3.63, 3.8) is 0 Å². The molecule has 0 radical (unpaired) electrons. The fraction of sp³-hybridized carbons (Fsp3) is 0.500. The van der Waals surface area contributed by atoms with Gasteiger partial charge in [0.05, 0.1) is 11.9 Å². The predicted octanol–water partition coefficient (Wildman–Crippen LogP) is 0.182. The molecule has 0 aromatic carbocycles. The van der Waals surface area contributed by atoms with Crippen molar-refractivity contribution in [2.45, 2.75) is 0 Å². The summed E-state index contributed by atoms with van der Waals surface area (Å²) < 4.78 is 21.5. The Morgan fingerprint density at radius 1 is 1.69 bits per heavy atom. The van der Waals surface area contributed by atoms with Crippen molar-refractivity contribution in [2.24, 2.45) is 0 Å². The molecule has 0 fully saturated rings. The molecule has 0 amide bonds. The highest BCUT2D eigenvalue weighted by atomic mass is 32.2. The van der Waals surface area contributed by atoms with Crippen molar-refractivity contribution >= 4 is 31.3 Å². The number of aromatic nitrogens is 1. The number of hydrogen-bond acceptors (Lipinski definition) is 6. The van der Waals surface area contributed by atoms with E-state index in [0.29, 0.717) is 16.7 Å². The minimum Gasteiger partial charge on any atom is -0.389 e. The van der Waals surface area contributed by atoms with Crippen LogP contribution in [-0.4, -0.2) is 32.0 Å². The number of anilines is 2. The molecule has 1 aromatic heterocycles. The smallest absolute Gasteiger partial charge is 0.184 e. The third-order valence-electron chi connectivity index (χ3n) is 1.27. The van der Waals surface area contributed by atoms with Gasteiger partial charge in [0.2, 0.25) is 0 Å². The van der Waals surface area contributed by atoms with Gasteiger partial charge in [0.15, 0.2) is 5.13 Å². The van der Waals surface area contributed by atoms with Crippen LogP contribution in [0.1, 0.15) is 0 Å². The van der Waals surface area contributed by atoms with Gasteiger partial charge in [0.1, 0.15) is 14.8 Å².